The van der Waals surface area contributed by atoms with Crippen molar-refractivity contribution in [3.63, 3.8) is 0 Å². The lowest BCUT2D eigenvalue weighted by molar-refractivity contribution is -0.365. The Bertz CT molecular complexity index is 1580. The highest BCUT2D eigenvalue weighted by Gasteiger charge is 2.34. The largest absolute Gasteiger partial charge is 0.333 e. The van der Waals surface area contributed by atoms with Crippen LogP contribution in [0.3, 0.4) is 0 Å². The number of nitrogens with zero attached hydrogens (tertiary/aromatic N) is 3. The molecule has 3 nitrogen and oxygen atoms in total. The number of hydrogen-bond donors (Lipinski definition) is 0. The normalized spacial score (nSPS) is 14.2. The number of alkyl halides is 1. The van der Waals surface area contributed by atoms with E-state index in [1.54, 1.807) is 4.57 Å². The molecule has 2 heterocycles. The van der Waals surface area contributed by atoms with Gasteiger partial charge in [0.25, 0.3) is 5.82 Å². The number of aliphatic imine (C=N–C) groups is 1. The molecule has 0 unspecified atom stereocenters. The van der Waals surface area contributed by atoms with Gasteiger partial charge in [-0.05, 0) is 28.8 Å². The second-order valence-corrected chi connectivity index (χ2v) is 8.39. The summed E-state index contributed by atoms with van der Waals surface area (Å²) in [7, 11) is 2.03. The van der Waals surface area contributed by atoms with Crippen molar-refractivity contribution in [2.24, 2.45) is 4.99 Å². The highest BCUT2D eigenvalue weighted by atomic mass is 19.1. The average Bonchev–Trinajstić information content (AvgIpc) is 3.37. The Balaban J connectivity index is 1.65. The first kappa shape index (κ1) is 20.3. The summed E-state index contributed by atoms with van der Waals surface area (Å²) in [5.41, 5.74) is 6.21. The van der Waals surface area contributed by atoms with Gasteiger partial charge in [0.1, 0.15) is 5.71 Å². The van der Waals surface area contributed by atoms with E-state index in [1.165, 1.54) is 0 Å². The molecule has 0 spiro atoms. The fraction of sp³-hybridized carbons (Fsp3) is 0.0667. The molecule has 0 atom stereocenters. The maximum atomic E-state index is 14.7. The van der Waals surface area contributed by atoms with Gasteiger partial charge in [0, 0.05) is 16.5 Å². The Hall–Kier alpha value is -4.31. The molecule has 1 aliphatic heterocycles. The molecule has 0 saturated carbocycles. The van der Waals surface area contributed by atoms with E-state index in [1.807, 2.05) is 92.0 Å². The van der Waals surface area contributed by atoms with Gasteiger partial charge in [-0.2, -0.15) is 0 Å². The lowest BCUT2D eigenvalue weighted by Gasteiger charge is -2.06. The van der Waals surface area contributed by atoms with Gasteiger partial charge in [-0.15, -0.1) is 0 Å². The molecular formula is C30H23FN3+. The number of rotatable bonds is 4. The minimum Gasteiger partial charge on any atom is -0.275 e. The third-order valence-electron chi connectivity index (χ3n) is 6.45. The summed E-state index contributed by atoms with van der Waals surface area (Å²) in [4.78, 5) is 5.15. The first-order valence-corrected chi connectivity index (χ1v) is 11.3. The fourth-order valence-electron chi connectivity index (χ4n) is 4.96. The summed E-state index contributed by atoms with van der Waals surface area (Å²) in [6.07, 6.45) is 0. The molecule has 0 fully saturated rings. The second-order valence-electron chi connectivity index (χ2n) is 8.39. The van der Waals surface area contributed by atoms with Gasteiger partial charge in [-0.3, -0.25) is 4.57 Å². The monoisotopic (exact) mass is 444 g/mol. The van der Waals surface area contributed by atoms with Crippen LogP contribution in [0.2, 0.25) is 0 Å². The summed E-state index contributed by atoms with van der Waals surface area (Å²) >= 11 is 0. The molecular weight excluding hydrogens is 421 g/mol. The van der Waals surface area contributed by atoms with E-state index in [4.69, 9.17) is 4.99 Å². The quantitative estimate of drug-likeness (QED) is 0.272. The van der Waals surface area contributed by atoms with Crippen LogP contribution in [0.4, 0.5) is 10.2 Å². The zero-order valence-electron chi connectivity index (χ0n) is 18.8. The Morgan fingerprint density at radius 3 is 1.91 bits per heavy atom. The molecule has 34 heavy (non-hydrogen) atoms. The number of hydrogen-bond acceptors (Lipinski definition) is 1. The highest BCUT2D eigenvalue weighted by Crippen LogP contribution is 2.39. The van der Waals surface area contributed by atoms with E-state index in [-0.39, 0.29) is 0 Å². The molecule has 0 N–H and O–H groups in total. The van der Waals surface area contributed by atoms with Crippen molar-refractivity contribution in [3.05, 3.63) is 126 Å². The lowest BCUT2D eigenvalue weighted by Crippen LogP contribution is -2.18. The summed E-state index contributed by atoms with van der Waals surface area (Å²) in [6.45, 7) is -0.661. The Morgan fingerprint density at radius 2 is 1.24 bits per heavy atom. The average molecular weight is 445 g/mol. The molecule has 4 aromatic carbocycles. The van der Waals surface area contributed by atoms with Gasteiger partial charge in [-0.1, -0.05) is 91.0 Å². The molecule has 6 rings (SSSR count). The molecule has 0 saturated heterocycles. The number of benzene rings is 4. The SMILES string of the molecule is C[N+]1=C(c2ccccc2)c2ccccc2C1=Nc1c2ccccc2c(-c2ccccc2)n1CF. The van der Waals surface area contributed by atoms with Crippen molar-refractivity contribution < 1.29 is 8.97 Å². The minimum absolute atomic E-state index is 0.628. The fourth-order valence-corrected chi connectivity index (χ4v) is 4.96. The van der Waals surface area contributed by atoms with Crippen molar-refractivity contribution in [1.29, 1.82) is 0 Å². The Labute approximate surface area is 197 Å². The zero-order valence-corrected chi connectivity index (χ0v) is 18.8. The van der Waals surface area contributed by atoms with Gasteiger partial charge < -0.3 is 0 Å². The van der Waals surface area contributed by atoms with Crippen molar-refractivity contribution in [2.45, 2.75) is 6.80 Å². The number of halogens is 1. The van der Waals surface area contributed by atoms with Crippen molar-refractivity contribution in [3.8, 4) is 11.3 Å². The molecule has 1 aliphatic rings. The Kier molecular flexibility index (Phi) is 4.92. The van der Waals surface area contributed by atoms with E-state index in [2.05, 4.69) is 28.8 Å². The molecule has 0 amide bonds. The van der Waals surface area contributed by atoms with Crippen LogP contribution in [0.15, 0.2) is 114 Å². The van der Waals surface area contributed by atoms with E-state index in [9.17, 15) is 4.39 Å². The van der Waals surface area contributed by atoms with Crippen molar-refractivity contribution in [1.82, 2.24) is 4.57 Å². The molecule has 0 aliphatic carbocycles. The zero-order chi connectivity index (χ0) is 23.1. The smallest absolute Gasteiger partial charge is 0.275 e. The molecule has 164 valence electrons. The lowest BCUT2D eigenvalue weighted by atomic mass is 10.00. The van der Waals surface area contributed by atoms with Crippen LogP contribution >= 0.6 is 0 Å². The molecule has 5 aromatic rings. The van der Waals surface area contributed by atoms with Gasteiger partial charge >= 0.3 is 5.84 Å². The van der Waals surface area contributed by atoms with Gasteiger partial charge in [0.05, 0.1) is 23.7 Å². The number of fused-ring (bicyclic) bond motifs is 2. The first-order chi connectivity index (χ1) is 16.8. The van der Waals surface area contributed by atoms with Gasteiger partial charge in [0.2, 0.25) is 0 Å². The summed E-state index contributed by atoms with van der Waals surface area (Å²) < 4.78 is 18.5. The molecule has 0 bridgehead atoms. The van der Waals surface area contributed by atoms with E-state index in [0.29, 0.717) is 5.82 Å². The predicted molar refractivity (Wildman–Crippen MR) is 137 cm³/mol. The standard InChI is InChI=1S/C30H23FN3/c1-33-27(21-12-4-2-5-13-21)23-16-8-10-18-25(23)29(33)32-30-26-19-11-9-17-24(26)28(34(30)20-31)22-14-6-3-7-15-22/h2-19H,20H2,1H3/q+1. The molecule has 0 radical (unpaired) electrons. The third-order valence-corrected chi connectivity index (χ3v) is 6.45. The third kappa shape index (κ3) is 3.11. The molecule has 1 aromatic heterocycles. The topological polar surface area (TPSA) is 20.3 Å². The minimum atomic E-state index is -0.661. The van der Waals surface area contributed by atoms with Crippen LogP contribution in [-0.2, 0) is 6.80 Å². The van der Waals surface area contributed by atoms with Crippen molar-refractivity contribution >= 4 is 28.1 Å². The second kappa shape index (κ2) is 8.23. The maximum Gasteiger partial charge on any atom is 0.333 e. The van der Waals surface area contributed by atoms with E-state index >= 15 is 0 Å². The summed E-state index contributed by atoms with van der Waals surface area (Å²) in [5.74, 6) is 1.44. The van der Waals surface area contributed by atoms with Crippen LogP contribution in [0, 0.1) is 0 Å². The first-order valence-electron chi connectivity index (χ1n) is 11.3. The number of amidine groups is 1. The van der Waals surface area contributed by atoms with E-state index in [0.717, 1.165) is 50.3 Å². The predicted octanol–water partition coefficient (Wildman–Crippen LogP) is 6.81. The van der Waals surface area contributed by atoms with Crippen molar-refractivity contribution in [2.75, 3.05) is 7.05 Å². The van der Waals surface area contributed by atoms with Crippen LogP contribution in [0.1, 0.15) is 16.7 Å². The van der Waals surface area contributed by atoms with Crippen LogP contribution in [0.25, 0.3) is 22.0 Å². The maximum absolute atomic E-state index is 14.7. The molecule has 4 heteroatoms. The van der Waals surface area contributed by atoms with Gasteiger partial charge in [0.15, 0.2) is 6.80 Å². The van der Waals surface area contributed by atoms with Crippen LogP contribution in [0.5, 0.6) is 0 Å². The highest BCUT2D eigenvalue weighted by molar-refractivity contribution is 6.22. The van der Waals surface area contributed by atoms with E-state index < -0.39 is 6.80 Å². The van der Waals surface area contributed by atoms with Crippen LogP contribution in [-0.4, -0.2) is 27.7 Å². The summed E-state index contributed by atoms with van der Waals surface area (Å²) in [5, 5.41) is 1.93. The van der Waals surface area contributed by atoms with Gasteiger partial charge in [-0.25, -0.2) is 8.97 Å². The summed E-state index contributed by atoms with van der Waals surface area (Å²) in [6, 6.07) is 36.6. The van der Waals surface area contributed by atoms with Crippen LogP contribution < -0.4 is 0 Å². The Morgan fingerprint density at radius 1 is 0.676 bits per heavy atom. The number of aromatic nitrogens is 1.